The predicted molar refractivity (Wildman–Crippen MR) is 131 cm³/mol. The standard InChI is InChI=1S/C27H32N4O3/c1-19(2)17-30-14-15-31-18-23(29-25(31)24(30)21-9-5-4-6-10-21)26(32)28-13-12-20-8-7-11-22(16-20)27(33)34-3/h4-11,16,18-19,24H,12-15,17H2,1-3H3,(H,28,32). The lowest BCUT2D eigenvalue weighted by Gasteiger charge is -2.37. The number of aromatic nitrogens is 2. The van der Waals surface area contributed by atoms with Crippen molar-refractivity contribution in [2.45, 2.75) is 32.9 Å². The van der Waals surface area contributed by atoms with Crippen molar-refractivity contribution in [1.82, 2.24) is 19.8 Å². The Bertz CT molecular complexity index is 1140. The normalized spacial score (nSPS) is 15.7. The number of carbonyl (C=O) groups excluding carboxylic acids is 2. The maximum Gasteiger partial charge on any atom is 0.337 e. The molecule has 0 bridgehead atoms. The molecular formula is C27H32N4O3. The Morgan fingerprint density at radius 2 is 1.91 bits per heavy atom. The molecule has 0 spiro atoms. The van der Waals surface area contributed by atoms with Crippen molar-refractivity contribution in [2.24, 2.45) is 5.92 Å². The zero-order valence-electron chi connectivity index (χ0n) is 20.0. The molecular weight excluding hydrogens is 428 g/mol. The highest BCUT2D eigenvalue weighted by Crippen LogP contribution is 2.32. The number of methoxy groups -OCH3 is 1. The lowest BCUT2D eigenvalue weighted by atomic mass is 10.0. The molecule has 1 aliphatic heterocycles. The summed E-state index contributed by atoms with van der Waals surface area (Å²) < 4.78 is 6.89. The second kappa shape index (κ2) is 10.7. The summed E-state index contributed by atoms with van der Waals surface area (Å²) >= 11 is 0. The lowest BCUT2D eigenvalue weighted by molar-refractivity contribution is 0.0600. The van der Waals surface area contributed by atoms with Crippen molar-refractivity contribution in [3.63, 3.8) is 0 Å². The smallest absolute Gasteiger partial charge is 0.337 e. The molecule has 1 amide bonds. The second-order valence-corrected chi connectivity index (χ2v) is 9.08. The van der Waals surface area contributed by atoms with Gasteiger partial charge in [-0.2, -0.15) is 0 Å². The van der Waals surface area contributed by atoms with Crippen LogP contribution in [0.2, 0.25) is 0 Å². The first-order valence-electron chi connectivity index (χ1n) is 11.8. The number of nitrogens with zero attached hydrogens (tertiary/aromatic N) is 3. The highest BCUT2D eigenvalue weighted by atomic mass is 16.5. The number of amides is 1. The average Bonchev–Trinajstić information content (AvgIpc) is 3.28. The average molecular weight is 461 g/mol. The van der Waals surface area contributed by atoms with Crippen molar-refractivity contribution in [3.05, 3.63) is 89.0 Å². The van der Waals surface area contributed by atoms with Crippen LogP contribution >= 0.6 is 0 Å². The highest BCUT2D eigenvalue weighted by Gasteiger charge is 2.32. The van der Waals surface area contributed by atoms with Crippen molar-refractivity contribution >= 4 is 11.9 Å². The van der Waals surface area contributed by atoms with Crippen LogP contribution < -0.4 is 5.32 Å². The Hall–Kier alpha value is -3.45. The Kier molecular flexibility index (Phi) is 7.43. The molecule has 2 aromatic carbocycles. The van der Waals surface area contributed by atoms with Gasteiger partial charge in [0.05, 0.1) is 18.7 Å². The Balaban J connectivity index is 1.47. The Morgan fingerprint density at radius 3 is 2.65 bits per heavy atom. The van der Waals surface area contributed by atoms with Crippen LogP contribution in [0.3, 0.4) is 0 Å². The number of carbonyl (C=O) groups is 2. The van der Waals surface area contributed by atoms with Gasteiger partial charge in [-0.3, -0.25) is 9.69 Å². The summed E-state index contributed by atoms with van der Waals surface area (Å²) in [7, 11) is 1.37. The third-order valence-electron chi connectivity index (χ3n) is 6.04. The molecule has 1 unspecified atom stereocenters. The van der Waals surface area contributed by atoms with E-state index in [-0.39, 0.29) is 17.9 Å². The topological polar surface area (TPSA) is 76.5 Å². The fourth-order valence-corrected chi connectivity index (χ4v) is 4.51. The van der Waals surface area contributed by atoms with Crippen LogP contribution in [0.1, 0.15) is 57.7 Å². The zero-order chi connectivity index (χ0) is 24.1. The van der Waals surface area contributed by atoms with E-state index in [0.29, 0.717) is 30.1 Å². The molecule has 0 aliphatic carbocycles. The molecule has 7 heteroatoms. The van der Waals surface area contributed by atoms with E-state index in [1.807, 2.05) is 36.5 Å². The SMILES string of the molecule is COC(=O)c1cccc(CCNC(=O)c2cn3c(n2)C(c2ccccc2)N(CC(C)C)CC3)c1. The molecule has 1 aromatic heterocycles. The molecule has 2 heterocycles. The maximum absolute atomic E-state index is 12.9. The summed E-state index contributed by atoms with van der Waals surface area (Å²) in [5, 5.41) is 2.97. The van der Waals surface area contributed by atoms with Crippen LogP contribution in [-0.4, -0.2) is 53.1 Å². The van der Waals surface area contributed by atoms with Crippen LogP contribution in [0.4, 0.5) is 0 Å². The minimum absolute atomic E-state index is 0.0277. The molecule has 0 saturated heterocycles. The number of hydrogen-bond donors (Lipinski definition) is 1. The van der Waals surface area contributed by atoms with E-state index in [0.717, 1.165) is 31.0 Å². The van der Waals surface area contributed by atoms with Crippen LogP contribution in [-0.2, 0) is 17.7 Å². The summed E-state index contributed by atoms with van der Waals surface area (Å²) in [4.78, 5) is 31.9. The molecule has 0 fully saturated rings. The van der Waals surface area contributed by atoms with Gasteiger partial charge in [0.25, 0.3) is 5.91 Å². The van der Waals surface area contributed by atoms with Gasteiger partial charge in [-0.15, -0.1) is 0 Å². The van der Waals surface area contributed by atoms with Crippen LogP contribution in [0, 0.1) is 5.92 Å². The largest absolute Gasteiger partial charge is 0.465 e. The van der Waals surface area contributed by atoms with Crippen molar-refractivity contribution in [1.29, 1.82) is 0 Å². The molecule has 0 radical (unpaired) electrons. The molecule has 34 heavy (non-hydrogen) atoms. The van der Waals surface area contributed by atoms with Crippen molar-refractivity contribution in [3.8, 4) is 0 Å². The van der Waals surface area contributed by atoms with Crippen LogP contribution in [0.25, 0.3) is 0 Å². The van der Waals surface area contributed by atoms with E-state index in [1.165, 1.54) is 12.7 Å². The number of hydrogen-bond acceptors (Lipinski definition) is 5. The summed E-state index contributed by atoms with van der Waals surface area (Å²) in [6, 6.07) is 17.7. The molecule has 3 aromatic rings. The van der Waals surface area contributed by atoms with Gasteiger partial charge in [0.1, 0.15) is 11.5 Å². The molecule has 1 atom stereocenters. The first-order valence-corrected chi connectivity index (χ1v) is 11.8. The van der Waals surface area contributed by atoms with E-state index in [4.69, 9.17) is 9.72 Å². The molecule has 7 nitrogen and oxygen atoms in total. The number of rotatable bonds is 8. The Morgan fingerprint density at radius 1 is 1.12 bits per heavy atom. The number of benzene rings is 2. The molecule has 1 aliphatic rings. The minimum atomic E-state index is -0.367. The Labute approximate surface area is 200 Å². The fourth-order valence-electron chi connectivity index (χ4n) is 4.51. The van der Waals surface area contributed by atoms with Crippen LogP contribution in [0.5, 0.6) is 0 Å². The highest BCUT2D eigenvalue weighted by molar-refractivity contribution is 5.92. The molecule has 178 valence electrons. The first kappa shape index (κ1) is 23.7. The third kappa shape index (κ3) is 5.37. The lowest BCUT2D eigenvalue weighted by Crippen LogP contribution is -2.40. The number of fused-ring (bicyclic) bond motifs is 1. The van der Waals surface area contributed by atoms with Gasteiger partial charge in [0.2, 0.25) is 0 Å². The zero-order valence-corrected chi connectivity index (χ0v) is 20.0. The van der Waals surface area contributed by atoms with Crippen molar-refractivity contribution < 1.29 is 14.3 Å². The maximum atomic E-state index is 12.9. The molecule has 4 rings (SSSR count). The second-order valence-electron chi connectivity index (χ2n) is 9.08. The fraction of sp³-hybridized carbons (Fsp3) is 0.370. The van der Waals surface area contributed by atoms with E-state index >= 15 is 0 Å². The summed E-state index contributed by atoms with van der Waals surface area (Å²) in [6.07, 6.45) is 2.48. The monoisotopic (exact) mass is 460 g/mol. The number of esters is 1. The molecule has 0 saturated carbocycles. The quantitative estimate of drug-likeness (QED) is 0.519. The number of imidazole rings is 1. The van der Waals surface area contributed by atoms with E-state index < -0.39 is 0 Å². The van der Waals surface area contributed by atoms with Gasteiger partial charge in [-0.25, -0.2) is 9.78 Å². The summed E-state index contributed by atoms with van der Waals surface area (Å²) in [5.41, 5.74) is 3.09. The van der Waals surface area contributed by atoms with Gasteiger partial charge in [-0.05, 0) is 35.6 Å². The number of ether oxygens (including phenoxy) is 1. The van der Waals surface area contributed by atoms with Gasteiger partial charge in [0.15, 0.2) is 0 Å². The van der Waals surface area contributed by atoms with Gasteiger partial charge >= 0.3 is 5.97 Å². The summed E-state index contributed by atoms with van der Waals surface area (Å²) in [5.74, 6) is 0.893. The summed E-state index contributed by atoms with van der Waals surface area (Å²) in [6.45, 7) is 7.60. The van der Waals surface area contributed by atoms with Gasteiger partial charge in [-0.1, -0.05) is 56.3 Å². The van der Waals surface area contributed by atoms with Crippen LogP contribution in [0.15, 0.2) is 60.8 Å². The predicted octanol–water partition coefficient (Wildman–Crippen LogP) is 3.70. The minimum Gasteiger partial charge on any atom is -0.465 e. The van der Waals surface area contributed by atoms with Gasteiger partial charge < -0.3 is 14.6 Å². The van der Waals surface area contributed by atoms with E-state index in [1.54, 1.807) is 12.1 Å². The van der Waals surface area contributed by atoms with E-state index in [9.17, 15) is 9.59 Å². The number of nitrogens with one attached hydrogen (secondary N) is 1. The first-order chi connectivity index (χ1) is 16.5. The van der Waals surface area contributed by atoms with Crippen molar-refractivity contribution in [2.75, 3.05) is 26.7 Å². The third-order valence-corrected chi connectivity index (χ3v) is 6.04. The van der Waals surface area contributed by atoms with Gasteiger partial charge in [0, 0.05) is 32.4 Å². The molecule has 1 N–H and O–H groups in total. The van der Waals surface area contributed by atoms with E-state index in [2.05, 4.69) is 40.8 Å².